The molecule has 2 aliphatic rings. The van der Waals surface area contributed by atoms with E-state index in [1.54, 1.807) is 6.20 Å². The summed E-state index contributed by atoms with van der Waals surface area (Å²) >= 11 is 0. The van der Waals surface area contributed by atoms with Crippen LogP contribution in [0.3, 0.4) is 0 Å². The van der Waals surface area contributed by atoms with Crippen LogP contribution in [-0.2, 0) is 0 Å². The molecule has 2 fully saturated rings. The van der Waals surface area contributed by atoms with Crippen molar-refractivity contribution in [1.29, 1.82) is 0 Å². The summed E-state index contributed by atoms with van der Waals surface area (Å²) in [6.45, 7) is 1.87. The fourth-order valence-electron chi connectivity index (χ4n) is 3.22. The second-order valence-electron chi connectivity index (χ2n) is 5.70. The van der Waals surface area contributed by atoms with Gasteiger partial charge in [-0.2, -0.15) is 5.10 Å². The number of aromatic nitrogens is 2. The zero-order valence-electron chi connectivity index (χ0n) is 11.2. The molecule has 0 spiro atoms. The topological polar surface area (TPSA) is 69.8 Å². The van der Waals surface area contributed by atoms with Gasteiger partial charge in [-0.15, -0.1) is 0 Å². The van der Waals surface area contributed by atoms with Crippen molar-refractivity contribution in [3.63, 3.8) is 0 Å². The molecule has 0 aromatic carbocycles. The van der Waals surface area contributed by atoms with Gasteiger partial charge in [0.15, 0.2) is 0 Å². The van der Waals surface area contributed by atoms with Crippen molar-refractivity contribution in [3.05, 3.63) is 17.5 Å². The Morgan fingerprint density at radius 3 is 2.84 bits per heavy atom. The molecular formula is C14H22N4O. The number of H-pyrrole nitrogens is 1. The van der Waals surface area contributed by atoms with Gasteiger partial charge in [-0.25, -0.2) is 0 Å². The number of hydrogen-bond donors (Lipinski definition) is 3. The predicted octanol–water partition coefficient (Wildman–Crippen LogP) is 1.55. The number of nitrogens with zero attached hydrogens (tertiary/aromatic N) is 1. The third-order valence-electron chi connectivity index (χ3n) is 4.32. The highest BCUT2D eigenvalue weighted by molar-refractivity contribution is 5.95. The van der Waals surface area contributed by atoms with E-state index in [1.165, 1.54) is 32.1 Å². The Morgan fingerprint density at radius 2 is 2.11 bits per heavy atom. The van der Waals surface area contributed by atoms with Crippen molar-refractivity contribution in [2.24, 2.45) is 0 Å². The number of nitrogens with one attached hydrogen (secondary N) is 3. The fourth-order valence-corrected chi connectivity index (χ4v) is 3.22. The van der Waals surface area contributed by atoms with Crippen LogP contribution in [0, 0.1) is 0 Å². The molecule has 5 heteroatoms. The first-order chi connectivity index (χ1) is 9.34. The summed E-state index contributed by atoms with van der Waals surface area (Å²) in [5.41, 5.74) is 1.79. The van der Waals surface area contributed by atoms with Gasteiger partial charge in [0.05, 0.1) is 17.5 Å². The van der Waals surface area contributed by atoms with Crippen LogP contribution in [0.5, 0.6) is 0 Å². The Hall–Kier alpha value is -1.36. The molecule has 1 atom stereocenters. The summed E-state index contributed by atoms with van der Waals surface area (Å²) in [6.07, 6.45) is 8.89. The van der Waals surface area contributed by atoms with Gasteiger partial charge < -0.3 is 10.6 Å². The fraction of sp³-hybridized carbons (Fsp3) is 0.714. The average Bonchev–Trinajstić information content (AvgIpc) is 3.10. The van der Waals surface area contributed by atoms with E-state index < -0.39 is 0 Å². The molecule has 1 saturated carbocycles. The van der Waals surface area contributed by atoms with Crippen molar-refractivity contribution in [3.8, 4) is 0 Å². The molecule has 1 aliphatic carbocycles. The van der Waals surface area contributed by atoms with E-state index in [2.05, 4.69) is 20.8 Å². The van der Waals surface area contributed by atoms with E-state index in [9.17, 15) is 4.79 Å². The SMILES string of the molecule is O=C(N[C@@H]1CCNC1)c1cn[nH]c1C1CCCCC1. The zero-order chi connectivity index (χ0) is 13.1. The molecule has 1 aromatic rings. The first-order valence-electron chi connectivity index (χ1n) is 7.39. The van der Waals surface area contributed by atoms with Crippen molar-refractivity contribution < 1.29 is 4.79 Å². The number of rotatable bonds is 3. The number of amides is 1. The Kier molecular flexibility index (Phi) is 3.82. The van der Waals surface area contributed by atoms with Gasteiger partial charge in [0.1, 0.15) is 0 Å². The van der Waals surface area contributed by atoms with Crippen molar-refractivity contribution in [2.75, 3.05) is 13.1 Å². The largest absolute Gasteiger partial charge is 0.348 e. The summed E-state index contributed by atoms with van der Waals surface area (Å²) in [5, 5.41) is 13.5. The van der Waals surface area contributed by atoms with Crippen LogP contribution in [-0.4, -0.2) is 35.2 Å². The van der Waals surface area contributed by atoms with Gasteiger partial charge in [-0.3, -0.25) is 9.89 Å². The van der Waals surface area contributed by atoms with Gasteiger partial charge in [0.2, 0.25) is 0 Å². The maximum absolute atomic E-state index is 12.3. The highest BCUT2D eigenvalue weighted by atomic mass is 16.1. The van der Waals surface area contributed by atoms with Crippen molar-refractivity contribution >= 4 is 5.91 Å². The minimum Gasteiger partial charge on any atom is -0.348 e. The van der Waals surface area contributed by atoms with E-state index in [-0.39, 0.29) is 11.9 Å². The minimum atomic E-state index is 0.0306. The Balaban J connectivity index is 1.69. The van der Waals surface area contributed by atoms with Crippen LogP contribution in [0.25, 0.3) is 0 Å². The van der Waals surface area contributed by atoms with Gasteiger partial charge in [0, 0.05) is 18.5 Å². The van der Waals surface area contributed by atoms with Crippen molar-refractivity contribution in [1.82, 2.24) is 20.8 Å². The summed E-state index contributed by atoms with van der Waals surface area (Å²) in [4.78, 5) is 12.3. The molecule has 1 aromatic heterocycles. The maximum atomic E-state index is 12.3. The first-order valence-corrected chi connectivity index (χ1v) is 7.39. The lowest BCUT2D eigenvalue weighted by atomic mass is 9.85. The van der Waals surface area contributed by atoms with E-state index in [4.69, 9.17) is 0 Å². The Bertz CT molecular complexity index is 430. The van der Waals surface area contributed by atoms with Crippen LogP contribution in [0.2, 0.25) is 0 Å². The Morgan fingerprint density at radius 1 is 1.26 bits per heavy atom. The highest BCUT2D eigenvalue weighted by Crippen LogP contribution is 2.33. The average molecular weight is 262 g/mol. The predicted molar refractivity (Wildman–Crippen MR) is 73.2 cm³/mol. The van der Waals surface area contributed by atoms with Crippen LogP contribution in [0.15, 0.2) is 6.20 Å². The molecule has 2 heterocycles. The molecular weight excluding hydrogens is 240 g/mol. The molecule has 0 bridgehead atoms. The highest BCUT2D eigenvalue weighted by Gasteiger charge is 2.25. The van der Waals surface area contributed by atoms with Crippen molar-refractivity contribution in [2.45, 2.75) is 50.5 Å². The molecule has 104 valence electrons. The number of carbonyl (C=O) groups excluding carboxylic acids is 1. The third kappa shape index (κ3) is 2.81. The molecule has 1 amide bonds. The number of aromatic amines is 1. The molecule has 1 saturated heterocycles. The number of carbonyl (C=O) groups is 1. The van der Waals surface area contributed by atoms with Crippen LogP contribution >= 0.6 is 0 Å². The lowest BCUT2D eigenvalue weighted by molar-refractivity contribution is 0.0938. The minimum absolute atomic E-state index is 0.0306. The van der Waals surface area contributed by atoms with Crippen LogP contribution < -0.4 is 10.6 Å². The molecule has 0 radical (unpaired) electrons. The number of hydrogen-bond acceptors (Lipinski definition) is 3. The van der Waals surface area contributed by atoms with Gasteiger partial charge >= 0.3 is 0 Å². The van der Waals surface area contributed by atoms with Crippen LogP contribution in [0.1, 0.15) is 60.5 Å². The standard InChI is InChI=1S/C14H22N4O/c19-14(17-11-6-7-15-8-11)12-9-16-18-13(12)10-4-2-1-3-5-10/h9-11,15H,1-8H2,(H,16,18)(H,17,19)/t11-/m1/s1. The lowest BCUT2D eigenvalue weighted by Crippen LogP contribution is -2.36. The molecule has 5 nitrogen and oxygen atoms in total. The monoisotopic (exact) mass is 262 g/mol. The molecule has 1 aliphatic heterocycles. The molecule has 3 N–H and O–H groups in total. The summed E-state index contributed by atoms with van der Waals surface area (Å²) in [5.74, 6) is 0.515. The summed E-state index contributed by atoms with van der Waals surface area (Å²) in [7, 11) is 0. The zero-order valence-corrected chi connectivity index (χ0v) is 11.2. The summed E-state index contributed by atoms with van der Waals surface area (Å²) < 4.78 is 0. The second kappa shape index (κ2) is 5.74. The van der Waals surface area contributed by atoms with Gasteiger partial charge in [0.25, 0.3) is 5.91 Å². The smallest absolute Gasteiger partial charge is 0.255 e. The molecule has 3 rings (SSSR count). The molecule has 19 heavy (non-hydrogen) atoms. The molecule has 0 unspecified atom stereocenters. The second-order valence-corrected chi connectivity index (χ2v) is 5.70. The van der Waals surface area contributed by atoms with E-state index in [0.717, 1.165) is 30.8 Å². The lowest BCUT2D eigenvalue weighted by Gasteiger charge is -2.21. The maximum Gasteiger partial charge on any atom is 0.255 e. The summed E-state index contributed by atoms with van der Waals surface area (Å²) in [6, 6.07) is 0.265. The van der Waals surface area contributed by atoms with E-state index in [0.29, 0.717) is 5.92 Å². The normalized spacial score (nSPS) is 24.5. The first kappa shape index (κ1) is 12.7. The van der Waals surface area contributed by atoms with Gasteiger partial charge in [-0.1, -0.05) is 19.3 Å². The third-order valence-corrected chi connectivity index (χ3v) is 4.32. The van der Waals surface area contributed by atoms with E-state index >= 15 is 0 Å². The quantitative estimate of drug-likeness (QED) is 0.774. The Labute approximate surface area is 113 Å². The van der Waals surface area contributed by atoms with Gasteiger partial charge in [-0.05, 0) is 25.8 Å². The van der Waals surface area contributed by atoms with Crippen LogP contribution in [0.4, 0.5) is 0 Å². The van der Waals surface area contributed by atoms with E-state index in [1.807, 2.05) is 0 Å².